The van der Waals surface area contributed by atoms with E-state index in [9.17, 15) is 4.79 Å². The Balaban J connectivity index is 2.75. The molecule has 80 valence electrons. The van der Waals surface area contributed by atoms with Crippen molar-refractivity contribution >= 4 is 11.9 Å². The number of carbonyl (C=O) groups is 1. The third kappa shape index (κ3) is 3.68. The Morgan fingerprint density at radius 1 is 1.40 bits per heavy atom. The molecule has 0 aromatic heterocycles. The number of nitrogens with one attached hydrogen (secondary N) is 1. The fourth-order valence-electron chi connectivity index (χ4n) is 1.40. The molecule has 0 aliphatic rings. The van der Waals surface area contributed by atoms with Gasteiger partial charge < -0.3 is 5.32 Å². The fourth-order valence-corrected chi connectivity index (χ4v) is 1.40. The maximum Gasteiger partial charge on any atom is 0.160 e. The van der Waals surface area contributed by atoms with E-state index in [1.54, 1.807) is 6.92 Å². The number of benzene rings is 1. The van der Waals surface area contributed by atoms with Crippen LogP contribution in [0.4, 0.5) is 0 Å². The lowest BCUT2D eigenvalue weighted by atomic mass is 10.0. The highest BCUT2D eigenvalue weighted by molar-refractivity contribution is 5.97. The molecule has 0 spiro atoms. The van der Waals surface area contributed by atoms with Crippen LogP contribution in [0.1, 0.15) is 29.3 Å². The van der Waals surface area contributed by atoms with E-state index in [2.05, 4.69) is 11.4 Å². The van der Waals surface area contributed by atoms with Gasteiger partial charge in [-0.2, -0.15) is 0 Å². The zero-order valence-corrected chi connectivity index (χ0v) is 9.29. The molecule has 1 N–H and O–H groups in total. The summed E-state index contributed by atoms with van der Waals surface area (Å²) >= 11 is 0. The Bertz CT molecular complexity index is 355. The summed E-state index contributed by atoms with van der Waals surface area (Å²) in [6.07, 6.45) is 5.06. The molecule has 1 aromatic rings. The minimum Gasteiger partial charge on any atom is -0.319 e. The highest BCUT2D eigenvalue weighted by atomic mass is 16.1. The minimum absolute atomic E-state index is 0.115. The van der Waals surface area contributed by atoms with Crippen molar-refractivity contribution in [2.24, 2.45) is 0 Å². The Kier molecular flexibility index (Phi) is 4.78. The molecule has 1 rings (SSSR count). The van der Waals surface area contributed by atoms with E-state index in [1.807, 2.05) is 37.4 Å². The van der Waals surface area contributed by atoms with Gasteiger partial charge in [-0.25, -0.2) is 0 Å². The second-order valence-electron chi connectivity index (χ2n) is 3.44. The van der Waals surface area contributed by atoms with Crippen LogP contribution in [0.15, 0.2) is 30.3 Å². The molecule has 0 amide bonds. The van der Waals surface area contributed by atoms with Gasteiger partial charge in [-0.05, 0) is 32.5 Å². The van der Waals surface area contributed by atoms with Gasteiger partial charge >= 0.3 is 0 Å². The van der Waals surface area contributed by atoms with E-state index in [1.165, 1.54) is 0 Å². The van der Waals surface area contributed by atoms with Crippen LogP contribution < -0.4 is 5.32 Å². The summed E-state index contributed by atoms with van der Waals surface area (Å²) in [5, 5.41) is 3.07. The molecule has 0 aliphatic heterocycles. The number of hydrogen-bond acceptors (Lipinski definition) is 2. The molecule has 1 aromatic carbocycles. The van der Waals surface area contributed by atoms with E-state index in [-0.39, 0.29) is 5.78 Å². The van der Waals surface area contributed by atoms with Crippen molar-refractivity contribution in [2.75, 3.05) is 13.6 Å². The lowest BCUT2D eigenvalue weighted by molar-refractivity contribution is 0.101. The lowest BCUT2D eigenvalue weighted by Gasteiger charge is -2.00. The van der Waals surface area contributed by atoms with Gasteiger partial charge in [0.05, 0.1) is 0 Å². The summed E-state index contributed by atoms with van der Waals surface area (Å²) in [7, 11) is 1.93. The van der Waals surface area contributed by atoms with Crippen molar-refractivity contribution in [3.8, 4) is 0 Å². The number of ketones is 1. The summed E-state index contributed by atoms with van der Waals surface area (Å²) in [5.74, 6) is 0.115. The van der Waals surface area contributed by atoms with Crippen LogP contribution in [-0.4, -0.2) is 19.4 Å². The first-order chi connectivity index (χ1) is 7.25. The molecular weight excluding hydrogens is 186 g/mol. The third-order valence-electron chi connectivity index (χ3n) is 2.20. The Labute approximate surface area is 91.0 Å². The van der Waals surface area contributed by atoms with Crippen molar-refractivity contribution in [3.63, 3.8) is 0 Å². The topological polar surface area (TPSA) is 29.1 Å². The second kappa shape index (κ2) is 6.14. The average molecular weight is 203 g/mol. The third-order valence-corrected chi connectivity index (χ3v) is 2.20. The molecule has 0 fully saturated rings. The number of Topliss-reactive ketones (excluding diaryl/α,β-unsaturated/α-hetero) is 1. The Hall–Kier alpha value is -1.41. The number of carbonyl (C=O) groups excluding carboxylic acids is 1. The highest BCUT2D eigenvalue weighted by Crippen LogP contribution is 2.11. The molecule has 15 heavy (non-hydrogen) atoms. The fraction of sp³-hybridized carbons (Fsp3) is 0.308. The molecule has 0 atom stereocenters. The quantitative estimate of drug-likeness (QED) is 0.588. The normalized spacial score (nSPS) is 10.8. The molecule has 2 heteroatoms. The maximum absolute atomic E-state index is 11.3. The van der Waals surface area contributed by atoms with Gasteiger partial charge in [-0.1, -0.05) is 36.4 Å². The van der Waals surface area contributed by atoms with E-state index >= 15 is 0 Å². The standard InChI is InChI=1S/C13H17NO/c1-11(15)13-9-4-3-7-12(13)8-5-6-10-14-2/h3-5,7-9,14H,6,10H2,1-2H3. The second-order valence-corrected chi connectivity index (χ2v) is 3.44. The summed E-state index contributed by atoms with van der Waals surface area (Å²) in [6, 6.07) is 7.67. The van der Waals surface area contributed by atoms with E-state index in [4.69, 9.17) is 0 Å². The Morgan fingerprint density at radius 3 is 2.80 bits per heavy atom. The molecule has 0 bridgehead atoms. The monoisotopic (exact) mass is 203 g/mol. The van der Waals surface area contributed by atoms with Gasteiger partial charge in [0.15, 0.2) is 5.78 Å². The van der Waals surface area contributed by atoms with Gasteiger partial charge in [0.25, 0.3) is 0 Å². The first-order valence-electron chi connectivity index (χ1n) is 5.17. The summed E-state index contributed by atoms with van der Waals surface area (Å²) in [4.78, 5) is 11.3. The van der Waals surface area contributed by atoms with Crippen LogP contribution in [0.3, 0.4) is 0 Å². The van der Waals surface area contributed by atoms with Crippen molar-refractivity contribution < 1.29 is 4.79 Å². The molecule has 0 radical (unpaired) electrons. The Morgan fingerprint density at radius 2 is 2.13 bits per heavy atom. The maximum atomic E-state index is 11.3. The number of rotatable bonds is 5. The van der Waals surface area contributed by atoms with Crippen LogP contribution in [0.2, 0.25) is 0 Å². The van der Waals surface area contributed by atoms with Gasteiger partial charge in [-0.15, -0.1) is 0 Å². The van der Waals surface area contributed by atoms with Crippen LogP contribution in [0, 0.1) is 0 Å². The highest BCUT2D eigenvalue weighted by Gasteiger charge is 2.02. The van der Waals surface area contributed by atoms with Crippen molar-refractivity contribution in [1.82, 2.24) is 5.32 Å². The molecule has 0 saturated carbocycles. The summed E-state index contributed by atoms with van der Waals surface area (Å²) < 4.78 is 0. The van der Waals surface area contributed by atoms with Gasteiger partial charge in [0.1, 0.15) is 0 Å². The summed E-state index contributed by atoms with van der Waals surface area (Å²) in [5.41, 5.74) is 1.79. The molecular formula is C13H17NO. The van der Waals surface area contributed by atoms with E-state index in [0.717, 1.165) is 24.1 Å². The molecule has 0 saturated heterocycles. The van der Waals surface area contributed by atoms with Gasteiger partial charge in [0.2, 0.25) is 0 Å². The largest absolute Gasteiger partial charge is 0.319 e. The predicted octanol–water partition coefficient (Wildman–Crippen LogP) is 2.51. The van der Waals surface area contributed by atoms with E-state index < -0.39 is 0 Å². The minimum atomic E-state index is 0.115. The first kappa shape index (κ1) is 11.7. The average Bonchev–Trinajstić information content (AvgIpc) is 2.25. The zero-order valence-electron chi connectivity index (χ0n) is 9.29. The zero-order chi connectivity index (χ0) is 11.1. The molecule has 2 nitrogen and oxygen atoms in total. The molecule has 0 aliphatic carbocycles. The number of hydrogen-bond donors (Lipinski definition) is 1. The predicted molar refractivity (Wildman–Crippen MR) is 64.0 cm³/mol. The summed E-state index contributed by atoms with van der Waals surface area (Å²) in [6.45, 7) is 2.55. The van der Waals surface area contributed by atoms with Crippen molar-refractivity contribution in [3.05, 3.63) is 41.5 Å². The van der Waals surface area contributed by atoms with Crippen LogP contribution in [-0.2, 0) is 0 Å². The van der Waals surface area contributed by atoms with Crippen molar-refractivity contribution in [1.29, 1.82) is 0 Å². The van der Waals surface area contributed by atoms with E-state index in [0.29, 0.717) is 0 Å². The molecule has 0 unspecified atom stereocenters. The van der Waals surface area contributed by atoms with Crippen LogP contribution in [0.5, 0.6) is 0 Å². The van der Waals surface area contributed by atoms with Crippen LogP contribution >= 0.6 is 0 Å². The first-order valence-corrected chi connectivity index (χ1v) is 5.17. The van der Waals surface area contributed by atoms with Crippen LogP contribution in [0.25, 0.3) is 6.08 Å². The van der Waals surface area contributed by atoms with Gasteiger partial charge in [-0.3, -0.25) is 4.79 Å². The molecule has 0 heterocycles. The van der Waals surface area contributed by atoms with Gasteiger partial charge in [0, 0.05) is 5.56 Å². The van der Waals surface area contributed by atoms with Crippen molar-refractivity contribution in [2.45, 2.75) is 13.3 Å². The SMILES string of the molecule is CNCCC=Cc1ccccc1C(C)=O. The smallest absolute Gasteiger partial charge is 0.160 e. The lowest BCUT2D eigenvalue weighted by Crippen LogP contribution is -2.05.